The van der Waals surface area contributed by atoms with Crippen LogP contribution in [0.2, 0.25) is 0 Å². The Labute approximate surface area is 167 Å². The van der Waals surface area contributed by atoms with E-state index in [1.807, 2.05) is 11.8 Å². The molecule has 4 rings (SSSR count). The molecule has 1 aliphatic rings. The first kappa shape index (κ1) is 19.4. The van der Waals surface area contributed by atoms with Crippen molar-refractivity contribution in [2.75, 3.05) is 18.0 Å². The van der Waals surface area contributed by atoms with E-state index in [-0.39, 0.29) is 22.2 Å². The van der Waals surface area contributed by atoms with Crippen LogP contribution in [0.1, 0.15) is 44.0 Å². The first-order valence-electron chi connectivity index (χ1n) is 9.86. The number of anilines is 1. The monoisotopic (exact) mass is 397 g/mol. The third kappa shape index (κ3) is 3.14. The quantitative estimate of drug-likeness (QED) is 0.675. The Kier molecular flexibility index (Phi) is 4.56. The standard InChI is InChI=1S/C22H24FN3O3/c1-4-25-11-14(21(28)29)20(27)17-13-6-7-15(23)19(18(13)24-10-16(17)25)26-9-5-8-22(2,3)12-26/h6-7,10-11H,4-5,8-9,12H2,1-3H3,(H,28,29). The second-order valence-electron chi connectivity index (χ2n) is 8.46. The van der Waals surface area contributed by atoms with E-state index in [9.17, 15) is 19.1 Å². The van der Waals surface area contributed by atoms with Gasteiger partial charge >= 0.3 is 5.97 Å². The Bertz CT molecular complexity index is 1200. The molecule has 1 N–H and O–H groups in total. The maximum atomic E-state index is 15.0. The predicted octanol–water partition coefficient (Wildman–Crippen LogP) is 4.03. The topological polar surface area (TPSA) is 75.4 Å². The number of aromatic nitrogens is 2. The number of carboxylic acids is 1. The van der Waals surface area contributed by atoms with E-state index in [0.717, 1.165) is 12.8 Å². The molecule has 3 aromatic rings. The number of pyridine rings is 2. The molecule has 0 radical (unpaired) electrons. The number of benzene rings is 1. The molecular formula is C22H24FN3O3. The van der Waals surface area contributed by atoms with Crippen molar-refractivity contribution in [1.82, 2.24) is 9.55 Å². The second kappa shape index (κ2) is 6.83. The summed E-state index contributed by atoms with van der Waals surface area (Å²) in [5, 5.41) is 10.2. The molecule has 0 aliphatic carbocycles. The highest BCUT2D eigenvalue weighted by Gasteiger charge is 2.29. The number of aromatic carboxylic acids is 1. The average molecular weight is 397 g/mol. The number of aryl methyl sites for hydroxylation is 1. The van der Waals surface area contributed by atoms with Crippen LogP contribution in [0.15, 0.2) is 29.3 Å². The zero-order chi connectivity index (χ0) is 20.9. The molecule has 152 valence electrons. The molecule has 0 bridgehead atoms. The van der Waals surface area contributed by atoms with Gasteiger partial charge in [-0.15, -0.1) is 0 Å². The third-order valence-electron chi connectivity index (χ3n) is 5.80. The average Bonchev–Trinajstić information content (AvgIpc) is 2.66. The van der Waals surface area contributed by atoms with Crippen LogP contribution in [0.4, 0.5) is 10.1 Å². The number of fused-ring (bicyclic) bond motifs is 3. The lowest BCUT2D eigenvalue weighted by Crippen LogP contribution is -2.40. The van der Waals surface area contributed by atoms with Crippen LogP contribution in [0.25, 0.3) is 21.8 Å². The summed E-state index contributed by atoms with van der Waals surface area (Å²) < 4.78 is 16.6. The number of piperidine rings is 1. The number of carbonyl (C=O) groups is 1. The van der Waals surface area contributed by atoms with Gasteiger partial charge in [0.15, 0.2) is 0 Å². The van der Waals surface area contributed by atoms with Crippen LogP contribution in [-0.4, -0.2) is 33.7 Å². The van der Waals surface area contributed by atoms with Gasteiger partial charge in [-0.25, -0.2) is 9.18 Å². The highest BCUT2D eigenvalue weighted by molar-refractivity contribution is 6.09. The van der Waals surface area contributed by atoms with Crippen molar-refractivity contribution in [3.8, 4) is 0 Å². The molecule has 3 heterocycles. The molecule has 2 aromatic heterocycles. The summed E-state index contributed by atoms with van der Waals surface area (Å²) in [5.41, 5.74) is 0.525. The van der Waals surface area contributed by atoms with Crippen LogP contribution in [0.3, 0.4) is 0 Å². The minimum absolute atomic E-state index is 0.0507. The highest BCUT2D eigenvalue weighted by Crippen LogP contribution is 2.37. The minimum atomic E-state index is -1.27. The van der Waals surface area contributed by atoms with Gasteiger partial charge in [-0.2, -0.15) is 0 Å². The van der Waals surface area contributed by atoms with E-state index in [4.69, 9.17) is 0 Å². The van der Waals surface area contributed by atoms with E-state index < -0.39 is 11.4 Å². The SMILES string of the molecule is CCn1cc(C(=O)O)c(=O)c2c3ccc(F)c(N4CCCC(C)(C)C4)c3ncc21. The zero-order valence-electron chi connectivity index (χ0n) is 16.8. The molecule has 6 nitrogen and oxygen atoms in total. The lowest BCUT2D eigenvalue weighted by Gasteiger charge is -2.39. The van der Waals surface area contributed by atoms with E-state index in [1.54, 1.807) is 10.8 Å². The van der Waals surface area contributed by atoms with Crippen LogP contribution in [0.5, 0.6) is 0 Å². The van der Waals surface area contributed by atoms with Crippen molar-refractivity contribution in [3.63, 3.8) is 0 Å². The van der Waals surface area contributed by atoms with Crippen molar-refractivity contribution in [2.45, 2.75) is 40.2 Å². The normalized spacial score (nSPS) is 16.5. The Morgan fingerprint density at radius 1 is 1.34 bits per heavy atom. The maximum absolute atomic E-state index is 15.0. The first-order valence-corrected chi connectivity index (χ1v) is 9.86. The summed E-state index contributed by atoms with van der Waals surface area (Å²) in [7, 11) is 0. The Hall–Kier alpha value is -2.96. The summed E-state index contributed by atoms with van der Waals surface area (Å²) in [6, 6.07) is 2.88. The predicted molar refractivity (Wildman–Crippen MR) is 111 cm³/mol. The molecule has 0 spiro atoms. The number of carboxylic acid groups (broad SMARTS) is 1. The fourth-order valence-corrected chi connectivity index (χ4v) is 4.42. The Morgan fingerprint density at radius 2 is 2.10 bits per heavy atom. The molecule has 1 fully saturated rings. The van der Waals surface area contributed by atoms with E-state index in [0.29, 0.717) is 41.7 Å². The summed E-state index contributed by atoms with van der Waals surface area (Å²) in [5.74, 6) is -1.66. The molecule has 0 unspecified atom stereocenters. The van der Waals surface area contributed by atoms with Gasteiger partial charge in [0.25, 0.3) is 0 Å². The van der Waals surface area contributed by atoms with Gasteiger partial charge < -0.3 is 14.6 Å². The fourth-order valence-electron chi connectivity index (χ4n) is 4.42. The molecule has 0 atom stereocenters. The van der Waals surface area contributed by atoms with Crippen LogP contribution < -0.4 is 10.3 Å². The lowest BCUT2D eigenvalue weighted by atomic mass is 9.84. The van der Waals surface area contributed by atoms with Crippen molar-refractivity contribution in [1.29, 1.82) is 0 Å². The van der Waals surface area contributed by atoms with Gasteiger partial charge in [-0.3, -0.25) is 9.78 Å². The van der Waals surface area contributed by atoms with Crippen molar-refractivity contribution >= 4 is 33.5 Å². The minimum Gasteiger partial charge on any atom is -0.477 e. The number of hydrogen-bond donors (Lipinski definition) is 1. The number of halogens is 1. The van der Waals surface area contributed by atoms with Gasteiger partial charge in [-0.1, -0.05) is 13.8 Å². The molecule has 0 saturated carbocycles. The fraction of sp³-hybridized carbons (Fsp3) is 0.409. The first-order chi connectivity index (χ1) is 13.7. The van der Waals surface area contributed by atoms with E-state index in [1.165, 1.54) is 18.3 Å². The molecule has 29 heavy (non-hydrogen) atoms. The highest BCUT2D eigenvalue weighted by atomic mass is 19.1. The zero-order valence-corrected chi connectivity index (χ0v) is 16.8. The van der Waals surface area contributed by atoms with Crippen molar-refractivity contribution < 1.29 is 14.3 Å². The van der Waals surface area contributed by atoms with Gasteiger partial charge in [0.1, 0.15) is 11.4 Å². The number of hydrogen-bond acceptors (Lipinski definition) is 4. The Balaban J connectivity index is 2.07. The van der Waals surface area contributed by atoms with Gasteiger partial charge in [0, 0.05) is 31.2 Å². The molecular weight excluding hydrogens is 373 g/mol. The summed E-state index contributed by atoms with van der Waals surface area (Å²) in [6.07, 6.45) is 4.90. The van der Waals surface area contributed by atoms with Crippen LogP contribution >= 0.6 is 0 Å². The third-order valence-corrected chi connectivity index (χ3v) is 5.80. The summed E-state index contributed by atoms with van der Waals surface area (Å²) in [6.45, 7) is 8.07. The smallest absolute Gasteiger partial charge is 0.341 e. The molecule has 0 amide bonds. The van der Waals surface area contributed by atoms with E-state index in [2.05, 4.69) is 18.8 Å². The maximum Gasteiger partial charge on any atom is 0.341 e. The Morgan fingerprint density at radius 3 is 2.76 bits per heavy atom. The largest absolute Gasteiger partial charge is 0.477 e. The van der Waals surface area contributed by atoms with E-state index >= 15 is 0 Å². The number of nitrogens with zero attached hydrogens (tertiary/aromatic N) is 3. The summed E-state index contributed by atoms with van der Waals surface area (Å²) in [4.78, 5) is 31.1. The number of rotatable bonds is 3. The van der Waals surface area contributed by atoms with Gasteiger partial charge in [-0.05, 0) is 37.3 Å². The summed E-state index contributed by atoms with van der Waals surface area (Å²) >= 11 is 0. The van der Waals surface area contributed by atoms with Crippen molar-refractivity contribution in [3.05, 3.63) is 46.1 Å². The van der Waals surface area contributed by atoms with Crippen LogP contribution in [-0.2, 0) is 6.54 Å². The van der Waals surface area contributed by atoms with Gasteiger partial charge in [0.05, 0.1) is 28.3 Å². The van der Waals surface area contributed by atoms with Crippen LogP contribution in [0, 0.1) is 11.2 Å². The molecule has 1 saturated heterocycles. The lowest BCUT2D eigenvalue weighted by molar-refractivity contribution is 0.0695. The molecule has 1 aromatic carbocycles. The van der Waals surface area contributed by atoms with Gasteiger partial charge in [0.2, 0.25) is 5.43 Å². The second-order valence-corrected chi connectivity index (χ2v) is 8.46. The van der Waals surface area contributed by atoms with Crippen molar-refractivity contribution in [2.24, 2.45) is 5.41 Å². The molecule has 7 heteroatoms. The molecule has 1 aliphatic heterocycles.